The van der Waals surface area contributed by atoms with Crippen LogP contribution in [0.5, 0.6) is 0 Å². The lowest BCUT2D eigenvalue weighted by molar-refractivity contribution is 0.0982. The standard InChI is InChI=1S/C18H19NO/c20-18(12-11-17-6-1-2-13-19-17)16-9-7-15(8-10-16)14-4-3-5-14/h1-2,6-10,13-14H,3-5,11-12H2. The molecule has 1 aromatic carbocycles. The molecule has 1 aliphatic rings. The molecule has 2 aromatic rings. The minimum Gasteiger partial charge on any atom is -0.294 e. The Morgan fingerprint density at radius 3 is 2.50 bits per heavy atom. The van der Waals surface area contributed by atoms with Gasteiger partial charge in [0.25, 0.3) is 0 Å². The minimum atomic E-state index is 0.204. The first kappa shape index (κ1) is 13.0. The van der Waals surface area contributed by atoms with Crippen molar-refractivity contribution in [1.29, 1.82) is 0 Å². The van der Waals surface area contributed by atoms with Crippen LogP contribution in [0.4, 0.5) is 0 Å². The molecule has 1 saturated carbocycles. The molecular formula is C18H19NO. The minimum absolute atomic E-state index is 0.204. The van der Waals surface area contributed by atoms with Gasteiger partial charge >= 0.3 is 0 Å². The summed E-state index contributed by atoms with van der Waals surface area (Å²) in [5, 5.41) is 0. The highest BCUT2D eigenvalue weighted by molar-refractivity contribution is 5.96. The Morgan fingerprint density at radius 1 is 1.10 bits per heavy atom. The van der Waals surface area contributed by atoms with E-state index in [2.05, 4.69) is 17.1 Å². The van der Waals surface area contributed by atoms with Crippen molar-refractivity contribution in [2.75, 3.05) is 0 Å². The molecule has 1 aliphatic carbocycles. The van der Waals surface area contributed by atoms with Gasteiger partial charge in [-0.2, -0.15) is 0 Å². The average molecular weight is 265 g/mol. The fourth-order valence-corrected chi connectivity index (χ4v) is 2.61. The SMILES string of the molecule is O=C(CCc1ccccn1)c1ccc(C2CCC2)cc1. The van der Waals surface area contributed by atoms with E-state index in [0.29, 0.717) is 12.8 Å². The normalized spacial score (nSPS) is 14.8. The molecule has 0 aliphatic heterocycles. The molecule has 0 unspecified atom stereocenters. The molecule has 2 nitrogen and oxygen atoms in total. The number of hydrogen-bond donors (Lipinski definition) is 0. The van der Waals surface area contributed by atoms with E-state index in [-0.39, 0.29) is 5.78 Å². The molecule has 0 N–H and O–H groups in total. The van der Waals surface area contributed by atoms with Crippen LogP contribution >= 0.6 is 0 Å². The molecule has 1 fully saturated rings. The van der Waals surface area contributed by atoms with Gasteiger partial charge in [0.1, 0.15) is 0 Å². The lowest BCUT2D eigenvalue weighted by Crippen LogP contribution is -2.09. The van der Waals surface area contributed by atoms with Crippen LogP contribution in [0.2, 0.25) is 0 Å². The van der Waals surface area contributed by atoms with Gasteiger partial charge in [0, 0.05) is 23.9 Å². The van der Waals surface area contributed by atoms with Crippen LogP contribution in [-0.2, 0) is 6.42 Å². The predicted molar refractivity (Wildman–Crippen MR) is 79.9 cm³/mol. The molecule has 0 spiro atoms. The summed E-state index contributed by atoms with van der Waals surface area (Å²) in [7, 11) is 0. The predicted octanol–water partition coefficient (Wildman–Crippen LogP) is 4.16. The van der Waals surface area contributed by atoms with Gasteiger partial charge in [-0.3, -0.25) is 9.78 Å². The number of carbonyl (C=O) groups is 1. The summed E-state index contributed by atoms with van der Waals surface area (Å²) in [6, 6.07) is 14.0. The maximum Gasteiger partial charge on any atom is 0.163 e. The fraction of sp³-hybridized carbons (Fsp3) is 0.333. The first-order valence-corrected chi connectivity index (χ1v) is 7.36. The number of hydrogen-bond acceptors (Lipinski definition) is 2. The van der Waals surface area contributed by atoms with Crippen LogP contribution in [0.15, 0.2) is 48.7 Å². The van der Waals surface area contributed by atoms with Crippen molar-refractivity contribution in [3.8, 4) is 0 Å². The molecule has 102 valence electrons. The van der Waals surface area contributed by atoms with Gasteiger partial charge in [-0.25, -0.2) is 0 Å². The van der Waals surface area contributed by atoms with Crippen molar-refractivity contribution in [3.63, 3.8) is 0 Å². The van der Waals surface area contributed by atoms with Gasteiger partial charge in [0.2, 0.25) is 0 Å². The van der Waals surface area contributed by atoms with Crippen LogP contribution in [0.1, 0.15) is 53.2 Å². The summed E-state index contributed by atoms with van der Waals surface area (Å²) >= 11 is 0. The zero-order valence-corrected chi connectivity index (χ0v) is 11.6. The van der Waals surface area contributed by atoms with Gasteiger partial charge in [0.05, 0.1) is 0 Å². The Morgan fingerprint density at radius 2 is 1.90 bits per heavy atom. The first-order valence-electron chi connectivity index (χ1n) is 7.36. The summed E-state index contributed by atoms with van der Waals surface area (Å²) in [6.45, 7) is 0. The highest BCUT2D eigenvalue weighted by Gasteiger charge is 2.19. The van der Waals surface area contributed by atoms with Crippen molar-refractivity contribution in [2.24, 2.45) is 0 Å². The van der Waals surface area contributed by atoms with Crippen molar-refractivity contribution < 1.29 is 4.79 Å². The number of rotatable bonds is 5. The number of nitrogens with zero attached hydrogens (tertiary/aromatic N) is 1. The van der Waals surface area contributed by atoms with Crippen molar-refractivity contribution in [3.05, 3.63) is 65.5 Å². The third-order valence-corrected chi connectivity index (χ3v) is 4.14. The molecule has 0 saturated heterocycles. The Kier molecular flexibility index (Phi) is 3.91. The number of pyridine rings is 1. The lowest BCUT2D eigenvalue weighted by atomic mass is 9.80. The Bertz CT molecular complexity index is 570. The summed E-state index contributed by atoms with van der Waals surface area (Å²) in [5.74, 6) is 0.934. The van der Waals surface area contributed by atoms with Gasteiger partial charge in [-0.1, -0.05) is 36.8 Å². The van der Waals surface area contributed by atoms with E-state index >= 15 is 0 Å². The second-order valence-electron chi connectivity index (χ2n) is 5.49. The van der Waals surface area contributed by atoms with E-state index < -0.39 is 0 Å². The van der Waals surface area contributed by atoms with Gasteiger partial charge in [0.15, 0.2) is 5.78 Å². The Hall–Kier alpha value is -1.96. The average Bonchev–Trinajstić information content (AvgIpc) is 2.45. The smallest absolute Gasteiger partial charge is 0.163 e. The maximum atomic E-state index is 12.2. The number of Topliss-reactive ketones (excluding diaryl/α,β-unsaturated/α-hetero) is 1. The highest BCUT2D eigenvalue weighted by Crippen LogP contribution is 2.36. The van der Waals surface area contributed by atoms with Crippen molar-refractivity contribution in [1.82, 2.24) is 4.98 Å². The molecule has 20 heavy (non-hydrogen) atoms. The van der Waals surface area contributed by atoms with E-state index in [0.717, 1.165) is 17.2 Å². The van der Waals surface area contributed by atoms with Gasteiger partial charge < -0.3 is 0 Å². The van der Waals surface area contributed by atoms with E-state index in [4.69, 9.17) is 0 Å². The largest absolute Gasteiger partial charge is 0.294 e. The van der Waals surface area contributed by atoms with E-state index in [1.165, 1.54) is 24.8 Å². The van der Waals surface area contributed by atoms with E-state index in [1.807, 2.05) is 30.3 Å². The van der Waals surface area contributed by atoms with E-state index in [9.17, 15) is 4.79 Å². The summed E-state index contributed by atoms with van der Waals surface area (Å²) in [6.07, 6.45) is 6.95. The van der Waals surface area contributed by atoms with Crippen LogP contribution in [0, 0.1) is 0 Å². The number of ketones is 1. The number of aryl methyl sites for hydroxylation is 1. The van der Waals surface area contributed by atoms with Crippen LogP contribution in [0.3, 0.4) is 0 Å². The Labute approximate surface area is 119 Å². The van der Waals surface area contributed by atoms with Crippen LogP contribution in [0.25, 0.3) is 0 Å². The summed E-state index contributed by atoms with van der Waals surface area (Å²) in [5.41, 5.74) is 3.19. The summed E-state index contributed by atoms with van der Waals surface area (Å²) < 4.78 is 0. The Balaban J connectivity index is 1.59. The zero-order valence-electron chi connectivity index (χ0n) is 11.6. The molecule has 0 atom stereocenters. The fourth-order valence-electron chi connectivity index (χ4n) is 2.61. The lowest BCUT2D eigenvalue weighted by Gasteiger charge is -2.25. The molecular weight excluding hydrogens is 246 g/mol. The molecule has 1 aromatic heterocycles. The topological polar surface area (TPSA) is 30.0 Å². The molecule has 0 bridgehead atoms. The summed E-state index contributed by atoms with van der Waals surface area (Å²) in [4.78, 5) is 16.4. The van der Waals surface area contributed by atoms with Crippen molar-refractivity contribution in [2.45, 2.75) is 38.0 Å². The molecule has 2 heteroatoms. The second kappa shape index (κ2) is 6.00. The van der Waals surface area contributed by atoms with E-state index in [1.54, 1.807) is 6.20 Å². The van der Waals surface area contributed by atoms with Crippen LogP contribution < -0.4 is 0 Å². The van der Waals surface area contributed by atoms with Crippen molar-refractivity contribution >= 4 is 5.78 Å². The molecule has 0 radical (unpaired) electrons. The number of carbonyl (C=O) groups excluding carboxylic acids is 1. The highest BCUT2D eigenvalue weighted by atomic mass is 16.1. The molecule has 3 rings (SSSR count). The number of benzene rings is 1. The third-order valence-electron chi connectivity index (χ3n) is 4.14. The second-order valence-corrected chi connectivity index (χ2v) is 5.49. The maximum absolute atomic E-state index is 12.2. The molecule has 0 amide bonds. The molecule has 1 heterocycles. The first-order chi connectivity index (χ1) is 9.83. The zero-order chi connectivity index (χ0) is 13.8. The third kappa shape index (κ3) is 2.96. The van der Waals surface area contributed by atoms with Gasteiger partial charge in [-0.05, 0) is 42.9 Å². The van der Waals surface area contributed by atoms with Crippen LogP contribution in [-0.4, -0.2) is 10.8 Å². The quantitative estimate of drug-likeness (QED) is 0.760. The van der Waals surface area contributed by atoms with Gasteiger partial charge in [-0.15, -0.1) is 0 Å². The monoisotopic (exact) mass is 265 g/mol. The number of aromatic nitrogens is 1.